The van der Waals surface area contributed by atoms with Crippen LogP contribution in [0.25, 0.3) is 0 Å². The van der Waals surface area contributed by atoms with E-state index in [1.54, 1.807) is 0 Å². The van der Waals surface area contributed by atoms with Gasteiger partial charge in [0, 0.05) is 53.3 Å². The molecule has 0 amide bonds. The van der Waals surface area contributed by atoms with Crippen LogP contribution in [0, 0.1) is 0 Å². The molecule has 3 N–H and O–H groups in total. The zero-order chi connectivity index (χ0) is 37.4. The molecule has 0 fully saturated rings. The molecule has 0 saturated heterocycles. The Labute approximate surface area is 285 Å². The summed E-state index contributed by atoms with van der Waals surface area (Å²) < 4.78 is 25.9. The maximum atomic E-state index is 13.2. The molecule has 0 unspecified atom stereocenters. The summed E-state index contributed by atoms with van der Waals surface area (Å²) in [6.45, 7) is 15.7. The summed E-state index contributed by atoms with van der Waals surface area (Å²) in [5.74, 6) is -8.43. The highest BCUT2D eigenvalue weighted by atomic mass is 16.6. The Kier molecular flexibility index (Phi) is 12.0. The smallest absolute Gasteiger partial charge is 0.338 e. The van der Waals surface area contributed by atoms with E-state index in [1.807, 2.05) is 0 Å². The summed E-state index contributed by atoms with van der Waals surface area (Å²) in [4.78, 5) is 74.4. The molecule has 0 aromatic heterocycles. The van der Waals surface area contributed by atoms with Crippen molar-refractivity contribution in [1.29, 1.82) is 0 Å². The molecule has 0 atom stereocenters. The summed E-state index contributed by atoms with van der Waals surface area (Å²) in [5.41, 5.74) is -0.447. The number of benzene rings is 3. The largest absolute Gasteiger partial charge is 0.508 e. The van der Waals surface area contributed by atoms with Gasteiger partial charge in [0.1, 0.15) is 23.0 Å². The van der Waals surface area contributed by atoms with Gasteiger partial charge in [0.25, 0.3) is 0 Å². The van der Waals surface area contributed by atoms with E-state index in [0.29, 0.717) is 0 Å². The molecule has 0 radical (unpaired) electrons. The zero-order valence-corrected chi connectivity index (χ0v) is 27.4. The van der Waals surface area contributed by atoms with Crippen LogP contribution in [-0.4, -0.2) is 50.9 Å². The standard InChI is InChI=1S/C36H32O14/c1-17(2)34(43)47-23-8-9-25(38)24(14-23)27(40)10-21-12-31(50-36(45)19(5)6)32(15-26(21)39)48-33(42)13-22-11-28(41)30(46-20(7)37)16-29(22)49-35(44)18(3)4/h8-9,11-12,14-16,38-39,41H,1,3,5,10,13H2,2,4,6-7H3. The summed E-state index contributed by atoms with van der Waals surface area (Å²) in [6, 6.07) is 7.46. The van der Waals surface area contributed by atoms with Gasteiger partial charge in [-0.2, -0.15) is 0 Å². The molecule has 0 heterocycles. The first kappa shape index (κ1) is 37.8. The lowest BCUT2D eigenvalue weighted by Crippen LogP contribution is -2.16. The number of carbonyl (C=O) groups excluding carboxylic acids is 6. The highest BCUT2D eigenvalue weighted by Crippen LogP contribution is 2.38. The molecular weight excluding hydrogens is 656 g/mol. The molecule has 0 aliphatic heterocycles. The average molecular weight is 689 g/mol. The number of aromatic hydroxyl groups is 3. The van der Waals surface area contributed by atoms with Gasteiger partial charge in [0.2, 0.25) is 0 Å². The van der Waals surface area contributed by atoms with Crippen LogP contribution >= 0.6 is 0 Å². The van der Waals surface area contributed by atoms with Gasteiger partial charge in [-0.15, -0.1) is 0 Å². The summed E-state index contributed by atoms with van der Waals surface area (Å²) in [5, 5.41) is 31.5. The van der Waals surface area contributed by atoms with Gasteiger partial charge in [-0.3, -0.25) is 14.4 Å². The molecule has 14 nitrogen and oxygen atoms in total. The van der Waals surface area contributed by atoms with Crippen molar-refractivity contribution in [1.82, 2.24) is 0 Å². The Morgan fingerprint density at radius 3 is 1.68 bits per heavy atom. The van der Waals surface area contributed by atoms with Crippen molar-refractivity contribution in [3.8, 4) is 46.0 Å². The third-order valence-electron chi connectivity index (χ3n) is 6.38. The van der Waals surface area contributed by atoms with E-state index in [9.17, 15) is 44.1 Å². The second-order valence-corrected chi connectivity index (χ2v) is 10.9. The normalized spacial score (nSPS) is 10.3. The lowest BCUT2D eigenvalue weighted by molar-refractivity contribution is -0.135. The van der Waals surface area contributed by atoms with Gasteiger partial charge >= 0.3 is 29.8 Å². The van der Waals surface area contributed by atoms with Gasteiger partial charge in [-0.25, -0.2) is 14.4 Å². The monoisotopic (exact) mass is 688 g/mol. The summed E-state index contributed by atoms with van der Waals surface area (Å²) in [7, 11) is 0. The van der Waals surface area contributed by atoms with Gasteiger partial charge in [0.05, 0.1) is 12.0 Å². The van der Waals surface area contributed by atoms with Crippen LogP contribution in [0.4, 0.5) is 0 Å². The van der Waals surface area contributed by atoms with Crippen molar-refractivity contribution in [3.63, 3.8) is 0 Å². The van der Waals surface area contributed by atoms with Gasteiger partial charge in [0.15, 0.2) is 28.8 Å². The number of carbonyl (C=O) groups is 6. The van der Waals surface area contributed by atoms with E-state index in [1.165, 1.54) is 26.8 Å². The first-order valence-corrected chi connectivity index (χ1v) is 14.5. The zero-order valence-electron chi connectivity index (χ0n) is 27.4. The van der Waals surface area contributed by atoms with Crippen molar-refractivity contribution in [2.24, 2.45) is 0 Å². The molecule has 0 saturated carbocycles. The fourth-order valence-electron chi connectivity index (χ4n) is 3.91. The molecule has 0 bridgehead atoms. The molecule has 0 spiro atoms. The van der Waals surface area contributed by atoms with Crippen LogP contribution < -0.4 is 23.7 Å². The summed E-state index contributed by atoms with van der Waals surface area (Å²) in [6.07, 6.45) is -1.25. The highest BCUT2D eigenvalue weighted by Gasteiger charge is 2.24. The summed E-state index contributed by atoms with van der Waals surface area (Å²) >= 11 is 0. The van der Waals surface area contributed by atoms with Gasteiger partial charge < -0.3 is 39.0 Å². The lowest BCUT2D eigenvalue weighted by atomic mass is 10.0. The highest BCUT2D eigenvalue weighted by molar-refractivity contribution is 6.01. The maximum Gasteiger partial charge on any atom is 0.338 e. The van der Waals surface area contributed by atoms with Crippen LogP contribution in [0.2, 0.25) is 0 Å². The fraction of sp³-hybridized carbons (Fsp3) is 0.167. The Morgan fingerprint density at radius 1 is 0.540 bits per heavy atom. The number of ketones is 1. The Morgan fingerprint density at radius 2 is 1.10 bits per heavy atom. The van der Waals surface area contributed by atoms with E-state index < -0.39 is 77.2 Å². The van der Waals surface area contributed by atoms with Crippen LogP contribution in [0.3, 0.4) is 0 Å². The minimum absolute atomic E-state index is 0.00668. The number of phenols is 3. The predicted octanol–water partition coefficient (Wildman–Crippen LogP) is 4.75. The fourth-order valence-corrected chi connectivity index (χ4v) is 3.91. The predicted molar refractivity (Wildman–Crippen MR) is 174 cm³/mol. The number of esters is 5. The van der Waals surface area contributed by atoms with Crippen molar-refractivity contribution in [2.75, 3.05) is 0 Å². The Balaban J connectivity index is 1.96. The number of hydrogen-bond donors (Lipinski definition) is 3. The van der Waals surface area contributed by atoms with E-state index in [0.717, 1.165) is 43.3 Å². The Bertz CT molecular complexity index is 1970. The SMILES string of the molecule is C=C(C)C(=O)Oc1ccc(O)c(C(=O)Cc2cc(OC(=O)C(=C)C)c(OC(=O)Cc3cc(O)c(OC(C)=O)cc3OC(=O)C(=C)C)cc2O)c1. The van der Waals surface area contributed by atoms with Gasteiger partial charge in [-0.05, 0) is 51.1 Å². The number of phenolic OH excluding ortho intramolecular Hbond substituents is 3. The van der Waals surface area contributed by atoms with E-state index >= 15 is 0 Å². The molecule has 3 aromatic rings. The van der Waals surface area contributed by atoms with Gasteiger partial charge in [-0.1, -0.05) is 19.7 Å². The molecule has 0 aliphatic rings. The second kappa shape index (κ2) is 15.9. The number of rotatable bonds is 13. The van der Waals surface area contributed by atoms with Crippen molar-refractivity contribution in [3.05, 3.63) is 95.6 Å². The maximum absolute atomic E-state index is 13.2. The average Bonchev–Trinajstić information content (AvgIpc) is 3.01. The molecule has 14 heteroatoms. The van der Waals surface area contributed by atoms with Crippen molar-refractivity contribution in [2.45, 2.75) is 40.5 Å². The van der Waals surface area contributed by atoms with E-state index in [-0.39, 0.29) is 50.7 Å². The van der Waals surface area contributed by atoms with Crippen LogP contribution in [-0.2, 0) is 36.8 Å². The van der Waals surface area contributed by atoms with E-state index in [4.69, 9.17) is 23.7 Å². The molecule has 0 aliphatic carbocycles. The van der Waals surface area contributed by atoms with E-state index in [2.05, 4.69) is 19.7 Å². The number of ether oxygens (including phenoxy) is 5. The van der Waals surface area contributed by atoms with Crippen LogP contribution in [0.15, 0.2) is 78.9 Å². The number of Topliss-reactive ketones (excluding diaryl/α,β-unsaturated/α-hetero) is 1. The molecule has 3 aromatic carbocycles. The van der Waals surface area contributed by atoms with Crippen LogP contribution in [0.1, 0.15) is 49.2 Å². The van der Waals surface area contributed by atoms with Crippen molar-refractivity contribution >= 4 is 35.6 Å². The molecule has 3 rings (SSSR count). The first-order valence-electron chi connectivity index (χ1n) is 14.5. The topological polar surface area (TPSA) is 209 Å². The minimum Gasteiger partial charge on any atom is -0.508 e. The first-order chi connectivity index (χ1) is 23.4. The lowest BCUT2D eigenvalue weighted by Gasteiger charge is -2.15. The third kappa shape index (κ3) is 9.90. The second-order valence-electron chi connectivity index (χ2n) is 10.9. The molecular formula is C36H32O14. The minimum atomic E-state index is -1.07. The quantitative estimate of drug-likeness (QED) is 0.0959. The van der Waals surface area contributed by atoms with Crippen molar-refractivity contribution < 1.29 is 67.8 Å². The Hall–Kier alpha value is -6.70. The molecule has 260 valence electrons. The van der Waals surface area contributed by atoms with Crippen LogP contribution in [0.5, 0.6) is 46.0 Å². The molecule has 50 heavy (non-hydrogen) atoms. The third-order valence-corrected chi connectivity index (χ3v) is 6.38. The number of hydrogen-bond acceptors (Lipinski definition) is 14.